The average molecular weight is 356 g/mol. The molecule has 4 nitrogen and oxygen atoms in total. The van der Waals surface area contributed by atoms with Crippen molar-refractivity contribution in [1.29, 1.82) is 0 Å². The molecule has 0 bridgehead atoms. The van der Waals surface area contributed by atoms with Gasteiger partial charge in [0.15, 0.2) is 23.1 Å². The van der Waals surface area contributed by atoms with Crippen LogP contribution in [-0.2, 0) is 0 Å². The zero-order valence-electron chi connectivity index (χ0n) is 13.4. The Kier molecular flexibility index (Phi) is 5.62. The summed E-state index contributed by atoms with van der Waals surface area (Å²) in [7, 11) is 2.86. The fourth-order valence-electron chi connectivity index (χ4n) is 2.29. The lowest BCUT2D eigenvalue weighted by Gasteiger charge is -2.22. The van der Waals surface area contributed by atoms with Crippen molar-refractivity contribution in [3.05, 3.63) is 52.6 Å². The quantitative estimate of drug-likeness (QED) is 0.802. The van der Waals surface area contributed by atoms with Gasteiger partial charge in [-0.25, -0.2) is 8.78 Å². The molecule has 0 spiro atoms. The largest absolute Gasteiger partial charge is 0.493 e. The zero-order chi connectivity index (χ0) is 17.9. The molecule has 7 heteroatoms. The van der Waals surface area contributed by atoms with E-state index in [1.165, 1.54) is 37.3 Å². The van der Waals surface area contributed by atoms with Crippen LogP contribution in [0.4, 0.5) is 14.5 Å². The fraction of sp³-hybridized carbons (Fsp3) is 0.235. The van der Waals surface area contributed by atoms with Crippen LogP contribution in [0.2, 0.25) is 5.02 Å². The number of carbonyl (C=O) groups is 1. The van der Waals surface area contributed by atoms with Crippen molar-refractivity contribution in [3.63, 3.8) is 0 Å². The standard InChI is InChI=1S/C17H16ClF2NO3/c1-4-21(11-5-6-13(19)14(20)9-11)17(22)10-7-12(18)16(24-3)15(8-10)23-2/h5-9H,4H2,1-3H3. The van der Waals surface area contributed by atoms with Crippen molar-refractivity contribution >= 4 is 23.2 Å². The van der Waals surface area contributed by atoms with Crippen LogP contribution in [0.25, 0.3) is 0 Å². The molecule has 0 aliphatic carbocycles. The van der Waals surface area contributed by atoms with Gasteiger partial charge in [0.1, 0.15) is 0 Å². The Balaban J connectivity index is 2.45. The number of amides is 1. The highest BCUT2D eigenvalue weighted by Gasteiger charge is 2.21. The summed E-state index contributed by atoms with van der Waals surface area (Å²) in [5.74, 6) is -1.81. The first-order chi connectivity index (χ1) is 11.4. The summed E-state index contributed by atoms with van der Waals surface area (Å²) in [6, 6.07) is 6.20. The zero-order valence-corrected chi connectivity index (χ0v) is 14.2. The molecule has 0 fully saturated rings. The molecule has 0 atom stereocenters. The first-order valence-electron chi connectivity index (χ1n) is 7.11. The first-order valence-corrected chi connectivity index (χ1v) is 7.49. The Labute approximate surface area is 143 Å². The third-order valence-electron chi connectivity index (χ3n) is 3.46. The van der Waals surface area contributed by atoms with E-state index in [0.29, 0.717) is 11.5 Å². The van der Waals surface area contributed by atoms with Gasteiger partial charge >= 0.3 is 0 Å². The monoisotopic (exact) mass is 355 g/mol. The lowest BCUT2D eigenvalue weighted by atomic mass is 10.1. The highest BCUT2D eigenvalue weighted by Crippen LogP contribution is 2.36. The Morgan fingerprint density at radius 1 is 1.12 bits per heavy atom. The molecule has 24 heavy (non-hydrogen) atoms. The molecule has 0 aliphatic rings. The normalized spacial score (nSPS) is 10.4. The predicted octanol–water partition coefficient (Wildman–Crippen LogP) is 4.30. The summed E-state index contributed by atoms with van der Waals surface area (Å²) in [6.45, 7) is 1.98. The minimum atomic E-state index is -1.02. The van der Waals surface area contributed by atoms with Gasteiger partial charge in [0, 0.05) is 23.9 Å². The number of rotatable bonds is 5. The van der Waals surface area contributed by atoms with Crippen LogP contribution in [0.1, 0.15) is 17.3 Å². The van der Waals surface area contributed by atoms with Gasteiger partial charge in [0.2, 0.25) is 0 Å². The second kappa shape index (κ2) is 7.49. The summed E-state index contributed by atoms with van der Waals surface area (Å²) in [5, 5.41) is 0.210. The Hall–Kier alpha value is -2.34. The van der Waals surface area contributed by atoms with Crippen LogP contribution in [-0.4, -0.2) is 26.7 Å². The van der Waals surface area contributed by atoms with E-state index in [9.17, 15) is 13.6 Å². The van der Waals surface area contributed by atoms with E-state index in [2.05, 4.69) is 0 Å². The number of halogens is 3. The molecule has 0 unspecified atom stereocenters. The van der Waals surface area contributed by atoms with Gasteiger partial charge < -0.3 is 14.4 Å². The Bertz CT molecular complexity index is 768. The molecule has 0 aromatic heterocycles. The van der Waals surface area contributed by atoms with Gasteiger partial charge in [0.05, 0.1) is 19.2 Å². The van der Waals surface area contributed by atoms with Crippen molar-refractivity contribution in [2.45, 2.75) is 6.92 Å². The van der Waals surface area contributed by atoms with Crippen LogP contribution in [0.3, 0.4) is 0 Å². The summed E-state index contributed by atoms with van der Waals surface area (Å²) >= 11 is 6.11. The molecule has 2 rings (SSSR count). The summed E-state index contributed by atoms with van der Waals surface area (Å²) in [4.78, 5) is 14.1. The maximum Gasteiger partial charge on any atom is 0.258 e. The minimum Gasteiger partial charge on any atom is -0.493 e. The molecule has 128 valence electrons. The highest BCUT2D eigenvalue weighted by atomic mass is 35.5. The third-order valence-corrected chi connectivity index (χ3v) is 3.74. The number of hydrogen-bond donors (Lipinski definition) is 0. The lowest BCUT2D eigenvalue weighted by molar-refractivity contribution is 0.0988. The van der Waals surface area contributed by atoms with Crippen molar-refractivity contribution in [2.24, 2.45) is 0 Å². The number of ether oxygens (including phenoxy) is 2. The van der Waals surface area contributed by atoms with E-state index in [-0.39, 0.29) is 22.8 Å². The number of methoxy groups -OCH3 is 2. The average Bonchev–Trinajstić information content (AvgIpc) is 2.57. The molecule has 0 radical (unpaired) electrons. The number of benzene rings is 2. The van der Waals surface area contributed by atoms with Crippen LogP contribution in [0.15, 0.2) is 30.3 Å². The van der Waals surface area contributed by atoms with Gasteiger partial charge in [-0.15, -0.1) is 0 Å². The van der Waals surface area contributed by atoms with Crippen molar-refractivity contribution in [1.82, 2.24) is 0 Å². The van der Waals surface area contributed by atoms with Crippen LogP contribution in [0, 0.1) is 11.6 Å². The van der Waals surface area contributed by atoms with E-state index >= 15 is 0 Å². The summed E-state index contributed by atoms with van der Waals surface area (Å²) < 4.78 is 36.9. The highest BCUT2D eigenvalue weighted by molar-refractivity contribution is 6.32. The molecular weight excluding hydrogens is 340 g/mol. The maximum absolute atomic E-state index is 13.5. The first kappa shape index (κ1) is 18.0. The fourth-order valence-corrected chi connectivity index (χ4v) is 2.58. The van der Waals surface area contributed by atoms with Crippen molar-refractivity contribution in [3.8, 4) is 11.5 Å². The van der Waals surface area contributed by atoms with Crippen molar-refractivity contribution in [2.75, 3.05) is 25.7 Å². The Morgan fingerprint density at radius 2 is 1.83 bits per heavy atom. The molecule has 0 N–H and O–H groups in total. The minimum absolute atomic E-state index is 0.210. The van der Waals surface area contributed by atoms with Gasteiger partial charge in [-0.3, -0.25) is 4.79 Å². The predicted molar refractivity (Wildman–Crippen MR) is 88.3 cm³/mol. The topological polar surface area (TPSA) is 38.8 Å². The number of hydrogen-bond acceptors (Lipinski definition) is 3. The van der Waals surface area contributed by atoms with Gasteiger partial charge in [0.25, 0.3) is 5.91 Å². The van der Waals surface area contributed by atoms with E-state index in [4.69, 9.17) is 21.1 Å². The molecule has 0 heterocycles. The summed E-state index contributed by atoms with van der Waals surface area (Å²) in [5.41, 5.74) is 0.483. The molecule has 2 aromatic carbocycles. The number of carbonyl (C=O) groups excluding carboxylic acids is 1. The van der Waals surface area contributed by atoms with E-state index < -0.39 is 17.5 Å². The SMILES string of the molecule is CCN(C(=O)c1cc(Cl)c(OC)c(OC)c1)c1ccc(F)c(F)c1. The molecule has 0 saturated carbocycles. The molecule has 0 saturated heterocycles. The second-order valence-corrected chi connectivity index (χ2v) is 5.25. The van der Waals surface area contributed by atoms with Crippen molar-refractivity contribution < 1.29 is 23.0 Å². The van der Waals surface area contributed by atoms with Gasteiger partial charge in [-0.05, 0) is 31.2 Å². The smallest absolute Gasteiger partial charge is 0.258 e. The van der Waals surface area contributed by atoms with Gasteiger partial charge in [-0.2, -0.15) is 0 Å². The third kappa shape index (κ3) is 3.43. The number of nitrogens with zero attached hydrogens (tertiary/aromatic N) is 1. The van der Waals surface area contributed by atoms with E-state index in [1.807, 2.05) is 0 Å². The maximum atomic E-state index is 13.5. The second-order valence-electron chi connectivity index (χ2n) is 4.84. The number of anilines is 1. The van der Waals surface area contributed by atoms with Crippen LogP contribution >= 0.6 is 11.6 Å². The lowest BCUT2D eigenvalue weighted by Crippen LogP contribution is -2.30. The molecular formula is C17H16ClF2NO3. The molecule has 1 amide bonds. The van der Waals surface area contributed by atoms with Gasteiger partial charge in [-0.1, -0.05) is 11.6 Å². The van der Waals surface area contributed by atoms with Crippen LogP contribution in [0.5, 0.6) is 11.5 Å². The molecule has 2 aromatic rings. The van der Waals surface area contributed by atoms with E-state index in [0.717, 1.165) is 12.1 Å². The van der Waals surface area contributed by atoms with E-state index in [1.54, 1.807) is 6.92 Å². The molecule has 0 aliphatic heterocycles. The van der Waals surface area contributed by atoms with Crippen LogP contribution < -0.4 is 14.4 Å². The summed E-state index contributed by atoms with van der Waals surface area (Å²) in [6.07, 6.45) is 0. The Morgan fingerprint density at radius 3 is 2.38 bits per heavy atom.